The first-order valence-corrected chi connectivity index (χ1v) is 11.6. The van der Waals surface area contributed by atoms with E-state index < -0.39 is 10.0 Å². The van der Waals surface area contributed by atoms with E-state index in [1.54, 1.807) is 36.9 Å². The molecule has 4 aromatic rings. The zero-order valence-electron chi connectivity index (χ0n) is 16.2. The molecule has 0 unspecified atom stereocenters. The van der Waals surface area contributed by atoms with Crippen molar-refractivity contribution in [2.24, 2.45) is 14.1 Å². The summed E-state index contributed by atoms with van der Waals surface area (Å²) in [5.74, 6) is 0. The number of aromatic nitrogens is 2. The summed E-state index contributed by atoms with van der Waals surface area (Å²) in [7, 11) is -0.529. The lowest BCUT2D eigenvalue weighted by atomic mass is 10.3. The molecule has 4 rings (SSSR count). The Morgan fingerprint density at radius 1 is 0.900 bits per heavy atom. The van der Waals surface area contributed by atoms with Gasteiger partial charge in [-0.15, -0.1) is 0 Å². The largest absolute Gasteiger partial charge is 0.328 e. The van der Waals surface area contributed by atoms with Gasteiger partial charge in [-0.25, -0.2) is 13.2 Å². The molecule has 6 nitrogen and oxygen atoms in total. The summed E-state index contributed by atoms with van der Waals surface area (Å²) < 4.78 is 31.7. The Morgan fingerprint density at radius 3 is 2.23 bits per heavy atom. The molecule has 0 aliphatic carbocycles. The van der Waals surface area contributed by atoms with Gasteiger partial charge in [-0.1, -0.05) is 47.6 Å². The number of sulfonamides is 1. The van der Waals surface area contributed by atoms with Gasteiger partial charge in [0, 0.05) is 28.9 Å². The first-order valence-electron chi connectivity index (χ1n) is 8.97. The average Bonchev–Trinajstić information content (AvgIpc) is 2.92. The number of benzene rings is 3. The quantitative estimate of drug-likeness (QED) is 0.477. The van der Waals surface area contributed by atoms with Crippen molar-refractivity contribution in [3.63, 3.8) is 0 Å². The highest BCUT2D eigenvalue weighted by atomic mass is 35.5. The fourth-order valence-electron chi connectivity index (χ4n) is 3.14. The Labute approximate surface area is 183 Å². The monoisotopic (exact) mass is 459 g/mol. The minimum atomic E-state index is -3.88. The van der Waals surface area contributed by atoms with Gasteiger partial charge < -0.3 is 0 Å². The van der Waals surface area contributed by atoms with Gasteiger partial charge in [0.15, 0.2) is 0 Å². The van der Waals surface area contributed by atoms with Crippen molar-refractivity contribution in [2.45, 2.75) is 14.7 Å². The van der Waals surface area contributed by atoms with Gasteiger partial charge in [-0.05, 0) is 42.5 Å². The number of fused-ring (bicyclic) bond motifs is 1. The Hall–Kier alpha value is -2.68. The molecule has 0 saturated carbocycles. The lowest BCUT2D eigenvalue weighted by molar-refractivity contribution is 0.601. The van der Waals surface area contributed by atoms with Gasteiger partial charge in [-0.3, -0.25) is 13.9 Å². The molecule has 0 aliphatic rings. The van der Waals surface area contributed by atoms with Crippen molar-refractivity contribution >= 4 is 50.1 Å². The maximum absolute atomic E-state index is 13.0. The van der Waals surface area contributed by atoms with Crippen LogP contribution in [-0.2, 0) is 24.1 Å². The minimum absolute atomic E-state index is 0.0627. The second-order valence-electron chi connectivity index (χ2n) is 6.72. The van der Waals surface area contributed by atoms with Gasteiger partial charge in [0.25, 0.3) is 10.0 Å². The van der Waals surface area contributed by atoms with E-state index in [2.05, 4.69) is 4.72 Å². The van der Waals surface area contributed by atoms with Crippen LogP contribution in [0.2, 0.25) is 5.02 Å². The van der Waals surface area contributed by atoms with E-state index >= 15 is 0 Å². The van der Waals surface area contributed by atoms with E-state index in [9.17, 15) is 13.2 Å². The van der Waals surface area contributed by atoms with Crippen molar-refractivity contribution in [1.82, 2.24) is 9.13 Å². The number of halogens is 1. The van der Waals surface area contributed by atoms with Crippen LogP contribution in [0.25, 0.3) is 11.0 Å². The molecule has 0 fully saturated rings. The maximum Gasteiger partial charge on any atom is 0.328 e. The number of hydrogen-bond donors (Lipinski definition) is 1. The topological polar surface area (TPSA) is 73.1 Å². The summed E-state index contributed by atoms with van der Waals surface area (Å²) in [6, 6.07) is 19.2. The number of nitrogens with one attached hydrogen (secondary N) is 1. The summed E-state index contributed by atoms with van der Waals surface area (Å²) in [6.45, 7) is 0. The van der Waals surface area contributed by atoms with Gasteiger partial charge >= 0.3 is 5.69 Å². The first-order chi connectivity index (χ1) is 14.3. The summed E-state index contributed by atoms with van der Waals surface area (Å²) in [5, 5.41) is 0.331. The molecule has 154 valence electrons. The van der Waals surface area contributed by atoms with Crippen molar-refractivity contribution in [1.29, 1.82) is 0 Å². The summed E-state index contributed by atoms with van der Waals surface area (Å²) >= 11 is 7.39. The Balaban J connectivity index is 1.87. The molecule has 0 aliphatic heterocycles. The second-order valence-corrected chi connectivity index (χ2v) is 9.95. The Kier molecular flexibility index (Phi) is 5.40. The molecule has 1 N–H and O–H groups in total. The van der Waals surface area contributed by atoms with Crippen molar-refractivity contribution in [3.8, 4) is 0 Å². The first kappa shape index (κ1) is 20.6. The molecule has 0 radical (unpaired) electrons. The zero-order chi connectivity index (χ0) is 21.5. The molecule has 0 bridgehead atoms. The lowest BCUT2D eigenvalue weighted by Gasteiger charge is -2.14. The molecule has 1 heterocycles. The van der Waals surface area contributed by atoms with Crippen LogP contribution in [0, 0.1) is 0 Å². The zero-order valence-corrected chi connectivity index (χ0v) is 18.6. The van der Waals surface area contributed by atoms with Crippen LogP contribution in [0.3, 0.4) is 0 Å². The van der Waals surface area contributed by atoms with Gasteiger partial charge in [0.1, 0.15) is 0 Å². The van der Waals surface area contributed by atoms with Crippen LogP contribution >= 0.6 is 23.4 Å². The standard InChI is InChI=1S/C21H18ClN3O3S2/c1-24-18-12-17(23-30(27,28)16-10-6-7-14(22)11-16)20(13-19(18)25(2)21(24)26)29-15-8-4-3-5-9-15/h3-13,23H,1-2H3. The minimum Gasteiger partial charge on any atom is -0.295 e. The normalized spacial score (nSPS) is 11.7. The van der Waals surface area contributed by atoms with Crippen LogP contribution in [0.5, 0.6) is 0 Å². The van der Waals surface area contributed by atoms with Crippen LogP contribution in [0.4, 0.5) is 5.69 Å². The molecule has 3 aromatic carbocycles. The Morgan fingerprint density at radius 2 is 1.57 bits per heavy atom. The van der Waals surface area contributed by atoms with E-state index in [1.807, 2.05) is 36.4 Å². The molecule has 0 saturated heterocycles. The molecule has 0 amide bonds. The number of nitrogens with zero attached hydrogens (tertiary/aromatic N) is 2. The van der Waals surface area contributed by atoms with Crippen molar-refractivity contribution in [2.75, 3.05) is 4.72 Å². The van der Waals surface area contributed by atoms with Gasteiger partial charge in [-0.2, -0.15) is 0 Å². The lowest BCUT2D eigenvalue weighted by Crippen LogP contribution is -2.19. The predicted molar refractivity (Wildman–Crippen MR) is 121 cm³/mol. The molecule has 1 aromatic heterocycles. The fourth-order valence-corrected chi connectivity index (χ4v) is 5.52. The summed E-state index contributed by atoms with van der Waals surface area (Å²) in [4.78, 5) is 14.1. The highest BCUT2D eigenvalue weighted by Crippen LogP contribution is 2.37. The summed E-state index contributed by atoms with van der Waals surface area (Å²) in [6.07, 6.45) is 0. The van der Waals surface area contributed by atoms with E-state index in [4.69, 9.17) is 11.6 Å². The number of rotatable bonds is 5. The van der Waals surface area contributed by atoms with Crippen LogP contribution in [-0.4, -0.2) is 17.6 Å². The third kappa shape index (κ3) is 3.86. The van der Waals surface area contributed by atoms with Gasteiger partial charge in [0.2, 0.25) is 0 Å². The molecular weight excluding hydrogens is 442 g/mol. The number of hydrogen-bond acceptors (Lipinski definition) is 4. The molecule has 0 atom stereocenters. The number of aryl methyl sites for hydroxylation is 2. The van der Waals surface area contributed by atoms with Crippen molar-refractivity contribution in [3.05, 3.63) is 82.2 Å². The summed E-state index contributed by atoms with van der Waals surface area (Å²) in [5.41, 5.74) is 1.54. The van der Waals surface area contributed by atoms with E-state index in [0.717, 1.165) is 4.90 Å². The van der Waals surface area contributed by atoms with E-state index in [-0.39, 0.29) is 10.6 Å². The second kappa shape index (κ2) is 7.86. The molecule has 30 heavy (non-hydrogen) atoms. The Bertz CT molecular complexity index is 1410. The highest BCUT2D eigenvalue weighted by Gasteiger charge is 2.20. The highest BCUT2D eigenvalue weighted by molar-refractivity contribution is 7.99. The molecule has 0 spiro atoms. The fraction of sp³-hybridized carbons (Fsp3) is 0.0952. The van der Waals surface area contributed by atoms with E-state index in [0.29, 0.717) is 26.6 Å². The maximum atomic E-state index is 13.0. The van der Waals surface area contributed by atoms with Crippen LogP contribution in [0.15, 0.2) is 86.2 Å². The van der Waals surface area contributed by atoms with Crippen LogP contribution < -0.4 is 10.4 Å². The molecular formula is C21H18ClN3O3S2. The van der Waals surface area contributed by atoms with E-state index in [1.165, 1.54) is 28.5 Å². The molecule has 9 heteroatoms. The smallest absolute Gasteiger partial charge is 0.295 e. The SMILES string of the molecule is Cn1c(=O)n(C)c2cc(Sc3ccccc3)c(NS(=O)(=O)c3cccc(Cl)c3)cc21. The van der Waals surface area contributed by atoms with Crippen molar-refractivity contribution < 1.29 is 8.42 Å². The third-order valence-electron chi connectivity index (χ3n) is 4.70. The third-order valence-corrected chi connectivity index (χ3v) is 7.36. The van der Waals surface area contributed by atoms with Gasteiger partial charge in [0.05, 0.1) is 21.6 Å². The number of imidazole rings is 1. The average molecular weight is 460 g/mol. The number of anilines is 1. The van der Waals surface area contributed by atoms with Crippen LogP contribution in [0.1, 0.15) is 0 Å². The predicted octanol–water partition coefficient (Wildman–Crippen LogP) is 4.48.